The van der Waals surface area contributed by atoms with Gasteiger partial charge in [0.1, 0.15) is 5.78 Å². The molecule has 4 rings (SSSR count). The molecule has 0 radical (unpaired) electrons. The van der Waals surface area contributed by atoms with Gasteiger partial charge in [0.05, 0.1) is 6.10 Å². The van der Waals surface area contributed by atoms with E-state index in [2.05, 4.69) is 6.92 Å². The minimum absolute atomic E-state index is 0.00347. The molecule has 0 heterocycles. The van der Waals surface area contributed by atoms with Crippen LogP contribution in [0.5, 0.6) is 0 Å². The van der Waals surface area contributed by atoms with Crippen molar-refractivity contribution in [3.05, 3.63) is 0 Å². The van der Waals surface area contributed by atoms with Crippen LogP contribution in [0.3, 0.4) is 0 Å². The number of ketones is 1. The highest BCUT2D eigenvalue weighted by molar-refractivity contribution is 5.86. The fourth-order valence-corrected chi connectivity index (χ4v) is 4.06. The first-order chi connectivity index (χ1) is 6.10. The second kappa shape index (κ2) is 2.17. The zero-order valence-corrected chi connectivity index (χ0v) is 7.99. The third-order valence-electron chi connectivity index (χ3n) is 4.54. The van der Waals surface area contributed by atoms with E-state index in [9.17, 15) is 9.90 Å². The van der Waals surface area contributed by atoms with E-state index >= 15 is 0 Å². The molecule has 4 aliphatic rings. The van der Waals surface area contributed by atoms with Crippen LogP contribution < -0.4 is 0 Å². The Morgan fingerprint density at radius 3 is 2.92 bits per heavy atom. The Balaban J connectivity index is 2.03. The van der Waals surface area contributed by atoms with Gasteiger partial charge in [-0.2, -0.15) is 0 Å². The second-order valence-electron chi connectivity index (χ2n) is 5.55. The Labute approximate surface area is 78.3 Å². The van der Waals surface area contributed by atoms with Crippen LogP contribution >= 0.6 is 0 Å². The molecule has 0 amide bonds. The average molecular weight is 180 g/mol. The standard InChI is InChI=1S/C11H16O2/c1-11-4-6-2-7(5-11)9(12)8(3-6)10(11)13/h6-8,10,13H,2-5H2,1H3/t6-,7-,8-,10-,11+/m0/s1. The second-order valence-corrected chi connectivity index (χ2v) is 5.55. The van der Waals surface area contributed by atoms with Gasteiger partial charge in [0, 0.05) is 11.8 Å². The summed E-state index contributed by atoms with van der Waals surface area (Å²) in [6, 6.07) is 0. The van der Waals surface area contributed by atoms with Crippen molar-refractivity contribution in [1.29, 1.82) is 0 Å². The smallest absolute Gasteiger partial charge is 0.141 e. The summed E-state index contributed by atoms with van der Waals surface area (Å²) in [5.74, 6) is 1.39. The molecule has 13 heavy (non-hydrogen) atoms. The average Bonchev–Trinajstić information content (AvgIpc) is 2.07. The van der Waals surface area contributed by atoms with Crippen molar-refractivity contribution in [3.8, 4) is 0 Å². The summed E-state index contributed by atoms with van der Waals surface area (Å²) in [5.41, 5.74) is 0.0738. The largest absolute Gasteiger partial charge is 0.392 e. The van der Waals surface area contributed by atoms with Crippen LogP contribution in [0.2, 0.25) is 0 Å². The van der Waals surface area contributed by atoms with Crippen molar-refractivity contribution in [3.63, 3.8) is 0 Å². The van der Waals surface area contributed by atoms with Gasteiger partial charge < -0.3 is 5.11 Å². The summed E-state index contributed by atoms with van der Waals surface area (Å²) in [6.45, 7) is 2.16. The Morgan fingerprint density at radius 1 is 1.38 bits per heavy atom. The van der Waals surface area contributed by atoms with Crippen LogP contribution in [-0.2, 0) is 4.79 Å². The van der Waals surface area contributed by atoms with Gasteiger partial charge in [-0.3, -0.25) is 4.79 Å². The first kappa shape index (κ1) is 7.98. The zero-order valence-electron chi connectivity index (χ0n) is 7.99. The molecule has 4 fully saturated rings. The van der Waals surface area contributed by atoms with E-state index in [1.165, 1.54) is 0 Å². The zero-order chi connectivity index (χ0) is 9.22. The lowest BCUT2D eigenvalue weighted by molar-refractivity contribution is -0.170. The molecule has 0 aromatic carbocycles. The van der Waals surface area contributed by atoms with Gasteiger partial charge in [-0.05, 0) is 37.0 Å². The fraction of sp³-hybridized carbons (Fsp3) is 0.909. The van der Waals surface area contributed by atoms with Gasteiger partial charge in [0.15, 0.2) is 0 Å². The molecule has 0 aromatic heterocycles. The van der Waals surface area contributed by atoms with Crippen molar-refractivity contribution in [2.24, 2.45) is 23.2 Å². The molecule has 4 aliphatic carbocycles. The molecule has 4 bridgehead atoms. The molecular weight excluding hydrogens is 164 g/mol. The molecule has 2 nitrogen and oxygen atoms in total. The van der Waals surface area contributed by atoms with E-state index in [-0.39, 0.29) is 17.4 Å². The Hall–Kier alpha value is -0.370. The van der Waals surface area contributed by atoms with Gasteiger partial charge in [-0.25, -0.2) is 0 Å². The van der Waals surface area contributed by atoms with E-state index in [0.717, 1.165) is 31.6 Å². The number of Topliss-reactive ketones (excluding diaryl/α,β-unsaturated/α-hetero) is 1. The van der Waals surface area contributed by atoms with Gasteiger partial charge in [-0.15, -0.1) is 0 Å². The molecule has 4 saturated carbocycles. The lowest BCUT2D eigenvalue weighted by atomic mass is 9.48. The molecule has 72 valence electrons. The van der Waals surface area contributed by atoms with Crippen molar-refractivity contribution in [2.45, 2.75) is 38.7 Å². The number of hydrogen-bond donors (Lipinski definition) is 1. The van der Waals surface area contributed by atoms with E-state index in [0.29, 0.717) is 11.7 Å². The van der Waals surface area contributed by atoms with E-state index in [1.54, 1.807) is 0 Å². The summed E-state index contributed by atoms with van der Waals surface area (Å²) < 4.78 is 0. The maximum absolute atomic E-state index is 11.8. The summed E-state index contributed by atoms with van der Waals surface area (Å²) in [4.78, 5) is 11.8. The Morgan fingerprint density at radius 2 is 2.15 bits per heavy atom. The number of aliphatic hydroxyl groups excluding tert-OH is 1. The number of rotatable bonds is 0. The topological polar surface area (TPSA) is 37.3 Å². The summed E-state index contributed by atoms with van der Waals surface area (Å²) in [5, 5.41) is 10.0. The SMILES string of the molecule is C[C@@]12C[C@H]3C[C@@H](C1)C(=O)[C@H](C3)[C@@H]2O. The molecule has 0 aromatic rings. The third kappa shape index (κ3) is 0.850. The lowest BCUT2D eigenvalue weighted by Gasteiger charge is -2.57. The van der Waals surface area contributed by atoms with Crippen molar-refractivity contribution in [2.75, 3.05) is 0 Å². The summed E-state index contributed by atoms with van der Waals surface area (Å²) in [7, 11) is 0. The minimum atomic E-state index is -0.340. The lowest BCUT2D eigenvalue weighted by Crippen LogP contribution is -2.59. The molecule has 5 atom stereocenters. The fourth-order valence-electron chi connectivity index (χ4n) is 4.06. The predicted octanol–water partition coefficient (Wildman–Crippen LogP) is 1.37. The van der Waals surface area contributed by atoms with E-state index in [1.807, 2.05) is 0 Å². The molecular formula is C11H16O2. The Bertz CT molecular complexity index is 273. The van der Waals surface area contributed by atoms with E-state index < -0.39 is 0 Å². The van der Waals surface area contributed by atoms with Crippen LogP contribution in [0.25, 0.3) is 0 Å². The van der Waals surface area contributed by atoms with Crippen LogP contribution in [0.1, 0.15) is 32.6 Å². The number of aliphatic hydroxyl groups is 1. The maximum Gasteiger partial charge on any atom is 0.141 e. The summed E-state index contributed by atoms with van der Waals surface area (Å²) >= 11 is 0. The molecule has 0 spiro atoms. The highest BCUT2D eigenvalue weighted by atomic mass is 16.3. The number of carbonyl (C=O) groups is 1. The van der Waals surface area contributed by atoms with E-state index in [4.69, 9.17) is 0 Å². The van der Waals surface area contributed by atoms with Crippen molar-refractivity contribution in [1.82, 2.24) is 0 Å². The molecule has 1 N–H and O–H groups in total. The van der Waals surface area contributed by atoms with Gasteiger partial charge in [0.25, 0.3) is 0 Å². The molecule has 0 unspecified atom stereocenters. The number of hydrogen-bond acceptors (Lipinski definition) is 2. The first-order valence-electron chi connectivity index (χ1n) is 5.32. The van der Waals surface area contributed by atoms with Crippen molar-refractivity contribution < 1.29 is 9.90 Å². The quantitative estimate of drug-likeness (QED) is 0.611. The normalized spacial score (nSPS) is 58.8. The van der Waals surface area contributed by atoms with Crippen LogP contribution in [-0.4, -0.2) is 17.0 Å². The monoisotopic (exact) mass is 180 g/mol. The van der Waals surface area contributed by atoms with Gasteiger partial charge in [-0.1, -0.05) is 6.92 Å². The van der Waals surface area contributed by atoms with Gasteiger partial charge in [0.2, 0.25) is 0 Å². The van der Waals surface area contributed by atoms with Crippen LogP contribution in [0.4, 0.5) is 0 Å². The van der Waals surface area contributed by atoms with Crippen LogP contribution in [0, 0.1) is 23.2 Å². The number of carbonyl (C=O) groups excluding carboxylic acids is 1. The minimum Gasteiger partial charge on any atom is -0.392 e. The molecule has 0 aliphatic heterocycles. The maximum atomic E-state index is 11.8. The van der Waals surface area contributed by atoms with Crippen LogP contribution in [0.15, 0.2) is 0 Å². The predicted molar refractivity (Wildman–Crippen MR) is 48.1 cm³/mol. The van der Waals surface area contributed by atoms with Gasteiger partial charge >= 0.3 is 0 Å². The highest BCUT2D eigenvalue weighted by Gasteiger charge is 2.58. The summed E-state index contributed by atoms with van der Waals surface area (Å²) in [6.07, 6.45) is 3.82. The van der Waals surface area contributed by atoms with Crippen molar-refractivity contribution >= 4 is 5.78 Å². The molecule has 0 saturated heterocycles. The third-order valence-corrected chi connectivity index (χ3v) is 4.54. The molecule has 2 heteroatoms. The highest BCUT2D eigenvalue weighted by Crippen LogP contribution is 2.58. The first-order valence-corrected chi connectivity index (χ1v) is 5.32. The Kier molecular flexibility index (Phi) is 1.33.